The second-order valence-electron chi connectivity index (χ2n) is 3.47. The summed E-state index contributed by atoms with van der Waals surface area (Å²) in [7, 11) is 1.93. The first-order valence-electron chi connectivity index (χ1n) is 4.45. The number of hydrogen-bond donors (Lipinski definition) is 0. The second kappa shape index (κ2) is 3.32. The van der Waals surface area contributed by atoms with Crippen LogP contribution in [0.2, 0.25) is 0 Å². The molecule has 0 aromatic carbocycles. The first-order chi connectivity index (χ1) is 5.95. The predicted octanol–water partition coefficient (Wildman–Crippen LogP) is 1.60. The number of carbonyl (C=O) groups excluding carboxylic acids is 1. The van der Waals surface area contributed by atoms with E-state index in [4.69, 9.17) is 0 Å². The molecule has 0 bridgehead atoms. The van der Waals surface area contributed by atoms with Crippen LogP contribution in [0.3, 0.4) is 0 Å². The van der Waals surface area contributed by atoms with Gasteiger partial charge in [-0.05, 0) is 27.7 Å². The number of carbonyl (C=O) groups is 1. The summed E-state index contributed by atoms with van der Waals surface area (Å²) < 4.78 is 0. The SMILES string of the molecule is CC(=O)C1=C(C)N(C)C(C)=NC1C. The van der Waals surface area contributed by atoms with E-state index in [1.54, 1.807) is 6.92 Å². The topological polar surface area (TPSA) is 32.7 Å². The van der Waals surface area contributed by atoms with E-state index in [2.05, 4.69) is 4.99 Å². The molecule has 72 valence electrons. The lowest BCUT2D eigenvalue weighted by Gasteiger charge is -2.29. The van der Waals surface area contributed by atoms with Crippen molar-refractivity contribution in [2.45, 2.75) is 33.7 Å². The molecule has 0 aromatic heterocycles. The average Bonchev–Trinajstić information content (AvgIpc) is 1.99. The first-order valence-corrected chi connectivity index (χ1v) is 4.45. The Bertz CT molecular complexity index is 302. The lowest BCUT2D eigenvalue weighted by molar-refractivity contribution is -0.113. The minimum atomic E-state index is 0.00806. The van der Waals surface area contributed by atoms with Gasteiger partial charge in [-0.1, -0.05) is 0 Å². The van der Waals surface area contributed by atoms with Crippen LogP contribution in [0.1, 0.15) is 27.7 Å². The summed E-state index contributed by atoms with van der Waals surface area (Å²) >= 11 is 0. The second-order valence-corrected chi connectivity index (χ2v) is 3.47. The first kappa shape index (κ1) is 9.96. The molecule has 0 N–H and O–H groups in total. The van der Waals surface area contributed by atoms with Crippen LogP contribution < -0.4 is 0 Å². The summed E-state index contributed by atoms with van der Waals surface area (Å²) in [5, 5.41) is 0. The molecule has 0 aliphatic carbocycles. The zero-order chi connectivity index (χ0) is 10.2. The van der Waals surface area contributed by atoms with Gasteiger partial charge in [-0.2, -0.15) is 0 Å². The van der Waals surface area contributed by atoms with E-state index >= 15 is 0 Å². The Morgan fingerprint density at radius 3 is 2.46 bits per heavy atom. The fraction of sp³-hybridized carbons (Fsp3) is 0.600. The monoisotopic (exact) mass is 180 g/mol. The van der Waals surface area contributed by atoms with Crippen molar-refractivity contribution in [3.8, 4) is 0 Å². The van der Waals surface area contributed by atoms with Crippen LogP contribution in [-0.4, -0.2) is 29.6 Å². The van der Waals surface area contributed by atoms with Crippen molar-refractivity contribution in [2.24, 2.45) is 4.99 Å². The number of rotatable bonds is 1. The molecular formula is C10H16N2O. The maximum absolute atomic E-state index is 11.3. The molecule has 0 spiro atoms. The molecule has 0 amide bonds. The molecule has 0 saturated carbocycles. The summed E-state index contributed by atoms with van der Waals surface area (Å²) in [5.41, 5.74) is 1.85. The Balaban J connectivity index is 3.13. The van der Waals surface area contributed by atoms with Gasteiger partial charge in [0.2, 0.25) is 0 Å². The zero-order valence-electron chi connectivity index (χ0n) is 8.88. The van der Waals surface area contributed by atoms with Crippen LogP contribution in [0.4, 0.5) is 0 Å². The number of ketones is 1. The van der Waals surface area contributed by atoms with Crippen LogP contribution in [0.15, 0.2) is 16.3 Å². The van der Waals surface area contributed by atoms with Gasteiger partial charge in [0.05, 0.1) is 6.04 Å². The number of amidine groups is 1. The zero-order valence-corrected chi connectivity index (χ0v) is 8.88. The molecule has 1 unspecified atom stereocenters. The van der Waals surface area contributed by atoms with Crippen LogP contribution in [0.25, 0.3) is 0 Å². The lowest BCUT2D eigenvalue weighted by Crippen LogP contribution is -2.32. The molecule has 0 fully saturated rings. The third kappa shape index (κ3) is 1.64. The van der Waals surface area contributed by atoms with Gasteiger partial charge >= 0.3 is 0 Å². The van der Waals surface area contributed by atoms with E-state index in [0.717, 1.165) is 17.1 Å². The highest BCUT2D eigenvalue weighted by Crippen LogP contribution is 2.21. The van der Waals surface area contributed by atoms with Crippen LogP contribution >= 0.6 is 0 Å². The molecule has 1 aliphatic rings. The van der Waals surface area contributed by atoms with Crippen LogP contribution in [0.5, 0.6) is 0 Å². The van der Waals surface area contributed by atoms with Gasteiger partial charge in [-0.25, -0.2) is 0 Å². The summed E-state index contributed by atoms with van der Waals surface area (Å²) in [5.74, 6) is 1.09. The van der Waals surface area contributed by atoms with E-state index in [1.807, 2.05) is 32.7 Å². The van der Waals surface area contributed by atoms with E-state index in [-0.39, 0.29) is 11.8 Å². The maximum atomic E-state index is 11.3. The number of Topliss-reactive ketones (excluding diaryl/α,β-unsaturated/α-hetero) is 1. The molecule has 0 saturated heterocycles. The highest BCUT2D eigenvalue weighted by Gasteiger charge is 2.23. The minimum Gasteiger partial charge on any atom is -0.337 e. The number of nitrogens with zero attached hydrogens (tertiary/aromatic N) is 2. The molecular weight excluding hydrogens is 164 g/mol. The minimum absolute atomic E-state index is 0.00806. The average molecular weight is 180 g/mol. The molecule has 3 nitrogen and oxygen atoms in total. The third-order valence-corrected chi connectivity index (χ3v) is 2.56. The summed E-state index contributed by atoms with van der Waals surface area (Å²) in [6.45, 7) is 7.47. The molecule has 1 atom stereocenters. The summed E-state index contributed by atoms with van der Waals surface area (Å²) in [4.78, 5) is 17.7. The van der Waals surface area contributed by atoms with Crippen molar-refractivity contribution in [3.63, 3.8) is 0 Å². The van der Waals surface area contributed by atoms with Crippen molar-refractivity contribution in [1.82, 2.24) is 4.90 Å². The van der Waals surface area contributed by atoms with Gasteiger partial charge < -0.3 is 4.90 Å². The Hall–Kier alpha value is -1.12. The predicted molar refractivity (Wildman–Crippen MR) is 53.7 cm³/mol. The highest BCUT2D eigenvalue weighted by atomic mass is 16.1. The number of hydrogen-bond acceptors (Lipinski definition) is 3. The Kier molecular flexibility index (Phi) is 2.55. The lowest BCUT2D eigenvalue weighted by atomic mass is 10.0. The van der Waals surface area contributed by atoms with Gasteiger partial charge in [-0.15, -0.1) is 0 Å². The normalized spacial score (nSPS) is 23.3. The van der Waals surface area contributed by atoms with Gasteiger partial charge in [0.25, 0.3) is 0 Å². The van der Waals surface area contributed by atoms with E-state index < -0.39 is 0 Å². The third-order valence-electron chi connectivity index (χ3n) is 2.56. The Morgan fingerprint density at radius 2 is 2.00 bits per heavy atom. The fourth-order valence-corrected chi connectivity index (χ4v) is 1.71. The Labute approximate surface area is 79.1 Å². The van der Waals surface area contributed by atoms with Crippen LogP contribution in [0, 0.1) is 0 Å². The van der Waals surface area contributed by atoms with E-state index in [1.165, 1.54) is 0 Å². The molecule has 13 heavy (non-hydrogen) atoms. The molecule has 0 aromatic rings. The van der Waals surface area contributed by atoms with E-state index in [9.17, 15) is 4.79 Å². The van der Waals surface area contributed by atoms with Crippen LogP contribution in [-0.2, 0) is 4.79 Å². The van der Waals surface area contributed by atoms with Crippen molar-refractivity contribution in [1.29, 1.82) is 0 Å². The van der Waals surface area contributed by atoms with Crippen molar-refractivity contribution in [3.05, 3.63) is 11.3 Å². The van der Waals surface area contributed by atoms with Gasteiger partial charge in [0.1, 0.15) is 5.84 Å². The van der Waals surface area contributed by atoms with Gasteiger partial charge in [0.15, 0.2) is 5.78 Å². The molecule has 3 heteroatoms. The summed E-state index contributed by atoms with van der Waals surface area (Å²) in [6, 6.07) is 0.00806. The van der Waals surface area contributed by atoms with Gasteiger partial charge in [0, 0.05) is 18.3 Å². The summed E-state index contributed by atoms with van der Waals surface area (Å²) in [6.07, 6.45) is 0. The Morgan fingerprint density at radius 1 is 1.46 bits per heavy atom. The molecule has 0 radical (unpaired) electrons. The van der Waals surface area contributed by atoms with Crippen molar-refractivity contribution in [2.75, 3.05) is 7.05 Å². The standard InChI is InChI=1S/C10H16N2O/c1-6-10(8(3)13)7(2)12(5)9(4)11-6/h6H,1-5H3. The highest BCUT2D eigenvalue weighted by molar-refractivity contribution is 5.98. The molecule has 1 rings (SSSR count). The largest absolute Gasteiger partial charge is 0.337 e. The fourth-order valence-electron chi connectivity index (χ4n) is 1.71. The number of aliphatic imine (C=N–C) groups is 1. The number of allylic oxidation sites excluding steroid dienone is 1. The smallest absolute Gasteiger partial charge is 0.159 e. The molecule has 1 heterocycles. The van der Waals surface area contributed by atoms with E-state index in [0.29, 0.717) is 0 Å². The molecule has 1 aliphatic heterocycles. The maximum Gasteiger partial charge on any atom is 0.159 e. The van der Waals surface area contributed by atoms with Crippen molar-refractivity contribution >= 4 is 11.6 Å². The van der Waals surface area contributed by atoms with Crippen molar-refractivity contribution < 1.29 is 4.79 Å². The van der Waals surface area contributed by atoms with Gasteiger partial charge in [-0.3, -0.25) is 9.79 Å². The quantitative estimate of drug-likeness (QED) is 0.614.